The van der Waals surface area contributed by atoms with Gasteiger partial charge in [0.15, 0.2) is 17.5 Å². The number of anilines is 1. The third kappa shape index (κ3) is 3.23. The van der Waals surface area contributed by atoms with Gasteiger partial charge in [0, 0.05) is 27.9 Å². The molecule has 0 unspecified atom stereocenters. The molecule has 21 heavy (non-hydrogen) atoms. The molecule has 3 nitrogen and oxygen atoms in total. The van der Waals surface area contributed by atoms with Crippen molar-refractivity contribution in [1.29, 1.82) is 5.26 Å². The second kappa shape index (κ2) is 5.97. The van der Waals surface area contributed by atoms with Crippen molar-refractivity contribution in [2.75, 3.05) is 5.32 Å². The van der Waals surface area contributed by atoms with Gasteiger partial charge in [-0.2, -0.15) is 5.26 Å². The van der Waals surface area contributed by atoms with Gasteiger partial charge < -0.3 is 5.32 Å². The van der Waals surface area contributed by atoms with Gasteiger partial charge in [0.05, 0.1) is 5.56 Å². The third-order valence-electron chi connectivity index (χ3n) is 2.59. The zero-order chi connectivity index (χ0) is 15.6. The average Bonchev–Trinajstić information content (AvgIpc) is 2.44. The van der Waals surface area contributed by atoms with Gasteiger partial charge >= 0.3 is 0 Å². The maximum Gasteiger partial charge on any atom is 0.255 e. The number of halogens is 4. The van der Waals surface area contributed by atoms with E-state index in [0.29, 0.717) is 22.2 Å². The van der Waals surface area contributed by atoms with Gasteiger partial charge in [-0.3, -0.25) is 4.79 Å². The number of hydrogen-bond acceptors (Lipinski definition) is 2. The molecule has 0 saturated heterocycles. The van der Waals surface area contributed by atoms with E-state index in [1.807, 2.05) is 6.07 Å². The summed E-state index contributed by atoms with van der Waals surface area (Å²) in [6.07, 6.45) is 0. The third-order valence-corrected chi connectivity index (χ3v) is 3.25. The van der Waals surface area contributed by atoms with Gasteiger partial charge in [0.1, 0.15) is 6.07 Å². The summed E-state index contributed by atoms with van der Waals surface area (Å²) in [6, 6.07) is 7.46. The van der Waals surface area contributed by atoms with Crippen LogP contribution < -0.4 is 5.32 Å². The summed E-state index contributed by atoms with van der Waals surface area (Å²) in [7, 11) is 0. The lowest BCUT2D eigenvalue weighted by Crippen LogP contribution is -2.12. The Bertz CT molecular complexity index is 748. The molecule has 0 radical (unpaired) electrons. The lowest BCUT2D eigenvalue weighted by Gasteiger charge is -2.07. The molecule has 0 bridgehead atoms. The van der Waals surface area contributed by atoms with Crippen LogP contribution in [0.3, 0.4) is 0 Å². The summed E-state index contributed by atoms with van der Waals surface area (Å²) in [5.74, 6) is -5.04. The summed E-state index contributed by atoms with van der Waals surface area (Å²) in [6.45, 7) is 0. The SMILES string of the molecule is N#Cc1ccc(C(=O)Nc2cc(F)c(F)c(F)c2)cc1Br. The first kappa shape index (κ1) is 15.1. The molecular formula is C14H6BrF3N2O. The Morgan fingerprint density at radius 2 is 1.76 bits per heavy atom. The molecule has 106 valence electrons. The molecule has 2 aromatic rings. The van der Waals surface area contributed by atoms with E-state index in [0.717, 1.165) is 0 Å². The first-order chi connectivity index (χ1) is 9.92. The Hall–Kier alpha value is -2.33. The monoisotopic (exact) mass is 354 g/mol. The summed E-state index contributed by atoms with van der Waals surface area (Å²) in [5, 5.41) is 11.0. The highest BCUT2D eigenvalue weighted by Gasteiger charge is 2.13. The topological polar surface area (TPSA) is 52.9 Å². The van der Waals surface area contributed by atoms with E-state index in [-0.39, 0.29) is 11.3 Å². The quantitative estimate of drug-likeness (QED) is 0.829. The van der Waals surface area contributed by atoms with Crippen molar-refractivity contribution in [3.05, 3.63) is 63.4 Å². The number of amides is 1. The molecule has 0 saturated carbocycles. The van der Waals surface area contributed by atoms with Crippen LogP contribution in [0.1, 0.15) is 15.9 Å². The molecule has 2 rings (SSSR count). The summed E-state index contributed by atoms with van der Waals surface area (Å²) in [5.41, 5.74) is 0.299. The Morgan fingerprint density at radius 3 is 2.29 bits per heavy atom. The van der Waals surface area contributed by atoms with E-state index in [2.05, 4.69) is 21.2 Å². The zero-order valence-electron chi connectivity index (χ0n) is 10.3. The fraction of sp³-hybridized carbons (Fsp3) is 0. The molecule has 0 heterocycles. The van der Waals surface area contributed by atoms with Gasteiger partial charge in [-0.05, 0) is 34.1 Å². The molecule has 2 aromatic carbocycles. The number of nitrogens with zero attached hydrogens (tertiary/aromatic N) is 1. The van der Waals surface area contributed by atoms with Gasteiger partial charge in [0.2, 0.25) is 0 Å². The highest BCUT2D eigenvalue weighted by atomic mass is 79.9. The summed E-state index contributed by atoms with van der Waals surface area (Å²) < 4.78 is 39.3. The minimum Gasteiger partial charge on any atom is -0.322 e. The molecule has 0 atom stereocenters. The van der Waals surface area contributed by atoms with E-state index in [4.69, 9.17) is 5.26 Å². The van der Waals surface area contributed by atoms with Crippen LogP contribution in [0.4, 0.5) is 18.9 Å². The standard InChI is InChI=1S/C14H6BrF3N2O/c15-10-3-7(1-2-8(10)6-19)14(21)20-9-4-11(16)13(18)12(17)5-9/h1-5H,(H,20,21). The van der Waals surface area contributed by atoms with Crippen molar-refractivity contribution in [1.82, 2.24) is 0 Å². The van der Waals surface area contributed by atoms with Crippen LogP contribution in [0.25, 0.3) is 0 Å². The lowest BCUT2D eigenvalue weighted by atomic mass is 10.1. The van der Waals surface area contributed by atoms with Crippen molar-refractivity contribution >= 4 is 27.5 Å². The molecule has 0 aromatic heterocycles. The number of carbonyl (C=O) groups excluding carboxylic acids is 1. The first-order valence-corrected chi connectivity index (χ1v) is 6.37. The van der Waals surface area contributed by atoms with Crippen molar-refractivity contribution in [3.63, 3.8) is 0 Å². The highest BCUT2D eigenvalue weighted by Crippen LogP contribution is 2.20. The first-order valence-electron chi connectivity index (χ1n) is 5.58. The molecule has 1 amide bonds. The Balaban J connectivity index is 2.26. The van der Waals surface area contributed by atoms with E-state index in [9.17, 15) is 18.0 Å². The number of rotatable bonds is 2. The van der Waals surface area contributed by atoms with E-state index in [1.54, 1.807) is 0 Å². The predicted octanol–water partition coefficient (Wildman–Crippen LogP) is 3.99. The molecule has 1 N–H and O–H groups in total. The van der Waals surface area contributed by atoms with E-state index >= 15 is 0 Å². The Labute approximate surface area is 126 Å². The molecule has 0 spiro atoms. The van der Waals surface area contributed by atoms with Gasteiger partial charge in [0.25, 0.3) is 5.91 Å². The van der Waals surface area contributed by atoms with Crippen molar-refractivity contribution in [2.24, 2.45) is 0 Å². The number of nitrogens with one attached hydrogen (secondary N) is 1. The summed E-state index contributed by atoms with van der Waals surface area (Å²) >= 11 is 3.12. The normalized spacial score (nSPS) is 10.0. The smallest absolute Gasteiger partial charge is 0.255 e. The van der Waals surface area contributed by atoms with Gasteiger partial charge in [-0.15, -0.1) is 0 Å². The largest absolute Gasteiger partial charge is 0.322 e. The van der Waals surface area contributed by atoms with Crippen molar-refractivity contribution in [3.8, 4) is 6.07 Å². The zero-order valence-corrected chi connectivity index (χ0v) is 11.8. The predicted molar refractivity (Wildman–Crippen MR) is 73.1 cm³/mol. The second-order valence-corrected chi connectivity index (χ2v) is 4.87. The van der Waals surface area contributed by atoms with Crippen LogP contribution in [0.15, 0.2) is 34.8 Å². The fourth-order valence-corrected chi connectivity index (χ4v) is 2.05. The molecule has 0 fully saturated rings. The molecule has 0 aliphatic rings. The minimum atomic E-state index is -1.60. The maximum atomic E-state index is 13.0. The van der Waals surface area contributed by atoms with Gasteiger partial charge in [-0.25, -0.2) is 13.2 Å². The average molecular weight is 355 g/mol. The van der Waals surface area contributed by atoms with Crippen LogP contribution >= 0.6 is 15.9 Å². The fourth-order valence-electron chi connectivity index (χ4n) is 1.58. The Kier molecular flexibility index (Phi) is 4.29. The van der Waals surface area contributed by atoms with E-state index < -0.39 is 23.4 Å². The summed E-state index contributed by atoms with van der Waals surface area (Å²) in [4.78, 5) is 11.9. The van der Waals surface area contributed by atoms with Crippen LogP contribution in [-0.4, -0.2) is 5.91 Å². The van der Waals surface area contributed by atoms with Gasteiger partial charge in [-0.1, -0.05) is 0 Å². The Morgan fingerprint density at radius 1 is 1.14 bits per heavy atom. The number of benzene rings is 2. The van der Waals surface area contributed by atoms with E-state index in [1.165, 1.54) is 18.2 Å². The molecule has 0 aliphatic heterocycles. The van der Waals surface area contributed by atoms with Crippen molar-refractivity contribution in [2.45, 2.75) is 0 Å². The maximum absolute atomic E-state index is 13.0. The molecular weight excluding hydrogens is 349 g/mol. The highest BCUT2D eigenvalue weighted by molar-refractivity contribution is 9.10. The number of carbonyl (C=O) groups is 1. The van der Waals surface area contributed by atoms with Crippen molar-refractivity contribution < 1.29 is 18.0 Å². The lowest BCUT2D eigenvalue weighted by molar-refractivity contribution is 0.102. The number of nitriles is 1. The minimum absolute atomic E-state index is 0.172. The molecule has 0 aliphatic carbocycles. The molecule has 7 heteroatoms. The number of hydrogen-bond donors (Lipinski definition) is 1. The van der Waals surface area contributed by atoms with Crippen LogP contribution in [0.5, 0.6) is 0 Å². The van der Waals surface area contributed by atoms with Crippen LogP contribution in [0, 0.1) is 28.8 Å². The van der Waals surface area contributed by atoms with Crippen LogP contribution in [-0.2, 0) is 0 Å². The second-order valence-electron chi connectivity index (χ2n) is 4.01. The van der Waals surface area contributed by atoms with Crippen LogP contribution in [0.2, 0.25) is 0 Å².